The highest BCUT2D eigenvalue weighted by Gasteiger charge is 2.24. The molecular formula is C23H24OSi. The molecule has 0 bridgehead atoms. The minimum Gasteiger partial charge on any atom is -0.465 e. The van der Waals surface area contributed by atoms with Gasteiger partial charge in [0.15, 0.2) is 0 Å². The smallest absolute Gasteiger partial charge is 0.115 e. The van der Waals surface area contributed by atoms with Crippen molar-refractivity contribution in [3.8, 4) is 11.1 Å². The van der Waals surface area contributed by atoms with E-state index < -0.39 is 8.07 Å². The third kappa shape index (κ3) is 2.91. The van der Waals surface area contributed by atoms with Crippen LogP contribution in [0.25, 0.3) is 17.2 Å². The van der Waals surface area contributed by atoms with Crippen LogP contribution >= 0.6 is 0 Å². The first-order valence-corrected chi connectivity index (χ1v) is 12.4. The van der Waals surface area contributed by atoms with Crippen LogP contribution in [0.1, 0.15) is 28.6 Å². The van der Waals surface area contributed by atoms with Crippen LogP contribution in [-0.4, -0.2) is 8.07 Å². The molecule has 0 aliphatic heterocycles. The summed E-state index contributed by atoms with van der Waals surface area (Å²) in [6.45, 7) is 9.17. The van der Waals surface area contributed by atoms with Crippen LogP contribution in [0.3, 0.4) is 0 Å². The van der Waals surface area contributed by atoms with E-state index in [2.05, 4.69) is 80.3 Å². The molecule has 1 heterocycles. The summed E-state index contributed by atoms with van der Waals surface area (Å²) in [5, 5.41) is 1.50. The van der Waals surface area contributed by atoms with Crippen LogP contribution in [0, 0.1) is 6.92 Å². The number of aryl methyl sites for hydroxylation is 1. The highest BCUT2D eigenvalue weighted by atomic mass is 28.3. The fraction of sp³-hybridized carbons (Fsp3) is 0.217. The van der Waals surface area contributed by atoms with Gasteiger partial charge in [-0.1, -0.05) is 79.4 Å². The van der Waals surface area contributed by atoms with Gasteiger partial charge < -0.3 is 4.42 Å². The van der Waals surface area contributed by atoms with Gasteiger partial charge in [0.05, 0.1) is 14.0 Å². The molecule has 0 amide bonds. The number of hydrogen-bond acceptors (Lipinski definition) is 1. The lowest BCUT2D eigenvalue weighted by atomic mass is 9.93. The number of benzene rings is 2. The summed E-state index contributed by atoms with van der Waals surface area (Å²) < 4.78 is 5.88. The molecule has 1 aliphatic carbocycles. The van der Waals surface area contributed by atoms with E-state index in [1.807, 2.05) is 13.0 Å². The van der Waals surface area contributed by atoms with Crippen LogP contribution in [0.2, 0.25) is 19.6 Å². The zero-order chi connectivity index (χ0) is 17.6. The maximum absolute atomic E-state index is 5.88. The Hall–Kier alpha value is -2.32. The Balaban J connectivity index is 1.74. The van der Waals surface area contributed by atoms with Gasteiger partial charge in [0.2, 0.25) is 0 Å². The Labute approximate surface area is 151 Å². The van der Waals surface area contributed by atoms with Crippen molar-refractivity contribution in [2.75, 3.05) is 0 Å². The predicted octanol–water partition coefficient (Wildman–Crippen LogP) is 5.96. The SMILES string of the molecule is Cc1ccc(C2C=Cc3c(-c4ccc([Si](C)(C)C)cc4)cccc32)o1. The summed E-state index contributed by atoms with van der Waals surface area (Å²) in [6.07, 6.45) is 4.50. The van der Waals surface area contributed by atoms with Crippen molar-refractivity contribution in [3.63, 3.8) is 0 Å². The third-order valence-corrected chi connectivity index (χ3v) is 7.13. The van der Waals surface area contributed by atoms with Crippen LogP contribution in [0.15, 0.2) is 65.1 Å². The Kier molecular flexibility index (Phi) is 3.81. The van der Waals surface area contributed by atoms with Gasteiger partial charge in [0.25, 0.3) is 0 Å². The molecule has 0 radical (unpaired) electrons. The summed E-state index contributed by atoms with van der Waals surface area (Å²) in [5.74, 6) is 2.22. The Morgan fingerprint density at radius 3 is 2.28 bits per heavy atom. The van der Waals surface area contributed by atoms with E-state index in [0.717, 1.165) is 11.5 Å². The fourth-order valence-electron chi connectivity index (χ4n) is 3.61. The number of furan rings is 1. The molecule has 2 heteroatoms. The van der Waals surface area contributed by atoms with Gasteiger partial charge in [-0.05, 0) is 41.3 Å². The molecule has 0 spiro atoms. The summed E-state index contributed by atoms with van der Waals surface area (Å²) in [5.41, 5.74) is 5.25. The minimum atomic E-state index is -1.26. The summed E-state index contributed by atoms with van der Waals surface area (Å²) in [7, 11) is -1.26. The molecule has 0 saturated heterocycles. The summed E-state index contributed by atoms with van der Waals surface area (Å²) in [6, 6.07) is 19.9. The van der Waals surface area contributed by atoms with E-state index in [-0.39, 0.29) is 5.92 Å². The molecule has 2 aromatic carbocycles. The standard InChI is InChI=1S/C23H24OSi/c1-16-8-15-23(24-16)22-14-13-21-19(6-5-7-20(21)22)17-9-11-18(12-10-17)25(2,3)4/h5-15,22H,1-4H3. The normalized spacial score (nSPS) is 16.2. The van der Waals surface area contributed by atoms with E-state index in [1.54, 1.807) is 0 Å². The van der Waals surface area contributed by atoms with Crippen molar-refractivity contribution in [2.24, 2.45) is 0 Å². The third-order valence-electron chi connectivity index (χ3n) is 5.06. The molecule has 25 heavy (non-hydrogen) atoms. The lowest BCUT2D eigenvalue weighted by Gasteiger charge is -2.17. The zero-order valence-corrected chi connectivity index (χ0v) is 16.3. The second-order valence-electron chi connectivity index (χ2n) is 7.92. The zero-order valence-electron chi connectivity index (χ0n) is 15.3. The average Bonchev–Trinajstić information content (AvgIpc) is 3.19. The van der Waals surface area contributed by atoms with Crippen molar-refractivity contribution in [3.05, 3.63) is 83.3 Å². The first-order valence-electron chi connectivity index (χ1n) is 8.92. The molecule has 126 valence electrons. The molecule has 3 aromatic rings. The van der Waals surface area contributed by atoms with E-state index >= 15 is 0 Å². The summed E-state index contributed by atoms with van der Waals surface area (Å²) in [4.78, 5) is 0. The molecule has 0 fully saturated rings. The topological polar surface area (TPSA) is 13.1 Å². The molecular weight excluding hydrogens is 320 g/mol. The molecule has 1 unspecified atom stereocenters. The minimum absolute atomic E-state index is 0.227. The van der Waals surface area contributed by atoms with Gasteiger partial charge in [-0.25, -0.2) is 0 Å². The lowest BCUT2D eigenvalue weighted by molar-refractivity contribution is 0.482. The Bertz CT molecular complexity index is 939. The molecule has 1 aliphatic rings. The van der Waals surface area contributed by atoms with Crippen molar-refractivity contribution < 1.29 is 4.42 Å². The number of rotatable bonds is 3. The van der Waals surface area contributed by atoms with Gasteiger partial charge in [-0.3, -0.25) is 0 Å². The Morgan fingerprint density at radius 1 is 0.880 bits per heavy atom. The first-order chi connectivity index (χ1) is 11.9. The first kappa shape index (κ1) is 16.2. The second kappa shape index (κ2) is 5.89. The average molecular weight is 345 g/mol. The maximum Gasteiger partial charge on any atom is 0.115 e. The summed E-state index contributed by atoms with van der Waals surface area (Å²) >= 11 is 0. The van der Waals surface area contributed by atoms with Gasteiger partial charge >= 0.3 is 0 Å². The largest absolute Gasteiger partial charge is 0.465 e. The monoisotopic (exact) mass is 344 g/mol. The lowest BCUT2D eigenvalue weighted by Crippen LogP contribution is -2.37. The predicted molar refractivity (Wildman–Crippen MR) is 109 cm³/mol. The molecule has 0 saturated carbocycles. The molecule has 0 N–H and O–H groups in total. The molecule has 4 rings (SSSR count). The number of fused-ring (bicyclic) bond motifs is 1. The van der Waals surface area contributed by atoms with Gasteiger partial charge in [-0.15, -0.1) is 0 Å². The molecule has 1 atom stereocenters. The second-order valence-corrected chi connectivity index (χ2v) is 13.0. The van der Waals surface area contributed by atoms with Crippen molar-refractivity contribution >= 4 is 19.3 Å². The van der Waals surface area contributed by atoms with Crippen molar-refractivity contribution in [1.82, 2.24) is 0 Å². The quantitative estimate of drug-likeness (QED) is 0.534. The number of allylic oxidation sites excluding steroid dienone is 1. The van der Waals surface area contributed by atoms with Gasteiger partial charge in [0.1, 0.15) is 11.5 Å². The van der Waals surface area contributed by atoms with E-state index in [9.17, 15) is 0 Å². The molecule has 1 nitrogen and oxygen atoms in total. The van der Waals surface area contributed by atoms with E-state index in [4.69, 9.17) is 4.42 Å². The highest BCUT2D eigenvalue weighted by molar-refractivity contribution is 6.88. The van der Waals surface area contributed by atoms with Crippen LogP contribution in [-0.2, 0) is 0 Å². The number of hydrogen-bond donors (Lipinski definition) is 0. The van der Waals surface area contributed by atoms with Gasteiger partial charge in [-0.2, -0.15) is 0 Å². The van der Waals surface area contributed by atoms with Crippen LogP contribution in [0.5, 0.6) is 0 Å². The van der Waals surface area contributed by atoms with Gasteiger partial charge in [0, 0.05) is 0 Å². The van der Waals surface area contributed by atoms with Crippen LogP contribution in [0.4, 0.5) is 0 Å². The fourth-order valence-corrected chi connectivity index (χ4v) is 4.77. The van der Waals surface area contributed by atoms with E-state index in [0.29, 0.717) is 0 Å². The van der Waals surface area contributed by atoms with Crippen LogP contribution < -0.4 is 5.19 Å². The van der Waals surface area contributed by atoms with E-state index in [1.165, 1.54) is 27.4 Å². The Morgan fingerprint density at radius 2 is 1.64 bits per heavy atom. The highest BCUT2D eigenvalue weighted by Crippen LogP contribution is 2.40. The van der Waals surface area contributed by atoms with Crippen molar-refractivity contribution in [1.29, 1.82) is 0 Å². The molecule has 1 aromatic heterocycles. The maximum atomic E-state index is 5.88. The van der Waals surface area contributed by atoms with Crippen molar-refractivity contribution in [2.45, 2.75) is 32.5 Å².